The molecule has 0 fully saturated rings. The number of rotatable bonds is 3. The Labute approximate surface area is 113 Å². The number of nitrogens with zero attached hydrogens (tertiary/aromatic N) is 2. The summed E-state index contributed by atoms with van der Waals surface area (Å²) in [5.41, 5.74) is 7.38. The summed E-state index contributed by atoms with van der Waals surface area (Å²) in [4.78, 5) is 8.91. The van der Waals surface area contributed by atoms with Crippen molar-refractivity contribution in [3.05, 3.63) is 46.5 Å². The summed E-state index contributed by atoms with van der Waals surface area (Å²) in [7, 11) is 0. The maximum atomic E-state index is 6.05. The molecule has 2 aromatic rings. The molecule has 0 bridgehead atoms. The van der Waals surface area contributed by atoms with Gasteiger partial charge >= 0.3 is 0 Å². The van der Waals surface area contributed by atoms with Crippen LogP contribution in [-0.4, -0.2) is 9.97 Å². The molecule has 0 aromatic carbocycles. The standard InChI is InChI=1S/C11H9Cl2N3S/c12-8-3-11(13)16-4-7(8)6-17-10-1-2-15-5-9(10)14/h1-5H,6,14H2. The molecule has 2 N–H and O–H groups in total. The zero-order chi connectivity index (χ0) is 12.3. The Kier molecular flexibility index (Phi) is 4.10. The molecule has 0 radical (unpaired) electrons. The highest BCUT2D eigenvalue weighted by Gasteiger charge is 2.05. The quantitative estimate of drug-likeness (QED) is 0.691. The minimum absolute atomic E-state index is 0.396. The molecule has 0 amide bonds. The minimum atomic E-state index is 0.396. The first-order chi connectivity index (χ1) is 8.16. The van der Waals surface area contributed by atoms with Crippen molar-refractivity contribution < 1.29 is 0 Å². The van der Waals surface area contributed by atoms with Gasteiger partial charge in [-0.15, -0.1) is 11.8 Å². The molecule has 0 aliphatic carbocycles. The maximum absolute atomic E-state index is 6.05. The third-order valence-electron chi connectivity index (χ3n) is 2.09. The largest absolute Gasteiger partial charge is 0.397 e. The molecule has 0 atom stereocenters. The fourth-order valence-corrected chi connectivity index (χ4v) is 2.65. The smallest absolute Gasteiger partial charge is 0.130 e. The molecule has 0 saturated heterocycles. The second kappa shape index (κ2) is 5.58. The highest BCUT2D eigenvalue weighted by Crippen LogP contribution is 2.30. The van der Waals surface area contributed by atoms with E-state index in [0.29, 0.717) is 21.6 Å². The Morgan fingerprint density at radius 1 is 1.29 bits per heavy atom. The van der Waals surface area contributed by atoms with Gasteiger partial charge in [0.1, 0.15) is 5.15 Å². The molecule has 17 heavy (non-hydrogen) atoms. The molecule has 0 saturated carbocycles. The van der Waals surface area contributed by atoms with E-state index in [2.05, 4.69) is 9.97 Å². The normalized spacial score (nSPS) is 10.5. The molecule has 88 valence electrons. The molecule has 0 aliphatic heterocycles. The topological polar surface area (TPSA) is 51.8 Å². The van der Waals surface area contributed by atoms with E-state index in [9.17, 15) is 0 Å². The summed E-state index contributed by atoms with van der Waals surface area (Å²) in [6.45, 7) is 0. The summed E-state index contributed by atoms with van der Waals surface area (Å²) in [6.07, 6.45) is 5.01. The molecular weight excluding hydrogens is 277 g/mol. The van der Waals surface area contributed by atoms with E-state index in [1.807, 2.05) is 6.07 Å². The van der Waals surface area contributed by atoms with Crippen molar-refractivity contribution in [3.8, 4) is 0 Å². The lowest BCUT2D eigenvalue weighted by atomic mass is 10.3. The van der Waals surface area contributed by atoms with Crippen molar-refractivity contribution in [2.24, 2.45) is 0 Å². The molecule has 0 spiro atoms. The Bertz CT molecular complexity index is 534. The van der Waals surface area contributed by atoms with Crippen LogP contribution in [0.2, 0.25) is 10.2 Å². The second-order valence-corrected chi connectivity index (χ2v) is 5.11. The zero-order valence-electron chi connectivity index (χ0n) is 8.73. The zero-order valence-corrected chi connectivity index (χ0v) is 11.1. The van der Waals surface area contributed by atoms with Gasteiger partial charge in [-0.1, -0.05) is 23.2 Å². The van der Waals surface area contributed by atoms with E-state index in [1.54, 1.807) is 36.4 Å². The number of thioether (sulfide) groups is 1. The monoisotopic (exact) mass is 285 g/mol. The minimum Gasteiger partial charge on any atom is -0.397 e. The maximum Gasteiger partial charge on any atom is 0.130 e. The summed E-state index contributed by atoms with van der Waals surface area (Å²) in [5.74, 6) is 0.692. The SMILES string of the molecule is Nc1cnccc1SCc1cnc(Cl)cc1Cl. The van der Waals surface area contributed by atoms with E-state index < -0.39 is 0 Å². The number of nitrogens with two attached hydrogens (primary N) is 1. The number of halogens is 2. The van der Waals surface area contributed by atoms with Crippen LogP contribution in [0.4, 0.5) is 5.69 Å². The van der Waals surface area contributed by atoms with Gasteiger partial charge in [0.2, 0.25) is 0 Å². The van der Waals surface area contributed by atoms with Crippen LogP contribution in [0.1, 0.15) is 5.56 Å². The lowest BCUT2D eigenvalue weighted by molar-refractivity contribution is 1.24. The van der Waals surface area contributed by atoms with Crippen LogP contribution in [0.3, 0.4) is 0 Å². The number of anilines is 1. The summed E-state index contributed by atoms with van der Waals surface area (Å²) in [6, 6.07) is 3.51. The third kappa shape index (κ3) is 3.25. The van der Waals surface area contributed by atoms with Crippen LogP contribution in [0.25, 0.3) is 0 Å². The van der Waals surface area contributed by atoms with Crippen LogP contribution in [0, 0.1) is 0 Å². The molecular formula is C11H9Cl2N3S. The number of hydrogen-bond donors (Lipinski definition) is 1. The number of hydrogen-bond acceptors (Lipinski definition) is 4. The van der Waals surface area contributed by atoms with Crippen molar-refractivity contribution in [3.63, 3.8) is 0 Å². The predicted molar refractivity (Wildman–Crippen MR) is 72.5 cm³/mol. The second-order valence-electron chi connectivity index (χ2n) is 3.30. The van der Waals surface area contributed by atoms with Crippen LogP contribution in [-0.2, 0) is 5.75 Å². The first-order valence-electron chi connectivity index (χ1n) is 4.79. The van der Waals surface area contributed by atoms with Gasteiger partial charge in [0.05, 0.1) is 11.9 Å². The van der Waals surface area contributed by atoms with Crippen molar-refractivity contribution in [1.29, 1.82) is 0 Å². The van der Waals surface area contributed by atoms with E-state index >= 15 is 0 Å². The predicted octanol–water partition coefficient (Wildman–Crippen LogP) is 3.66. The number of nitrogen functional groups attached to an aromatic ring is 1. The summed E-state index contributed by atoms with van der Waals surface area (Å²) in [5, 5.41) is 1.01. The van der Waals surface area contributed by atoms with Crippen molar-refractivity contribution in [2.45, 2.75) is 10.6 Å². The molecule has 2 aromatic heterocycles. The number of pyridine rings is 2. The van der Waals surface area contributed by atoms with Crippen LogP contribution >= 0.6 is 35.0 Å². The molecule has 0 aliphatic rings. The van der Waals surface area contributed by atoms with E-state index in [1.165, 1.54) is 0 Å². The molecule has 2 rings (SSSR count). The Morgan fingerprint density at radius 3 is 2.82 bits per heavy atom. The lowest BCUT2D eigenvalue weighted by Gasteiger charge is -2.06. The lowest BCUT2D eigenvalue weighted by Crippen LogP contribution is -1.91. The molecule has 6 heteroatoms. The van der Waals surface area contributed by atoms with Crippen LogP contribution in [0.15, 0.2) is 35.6 Å². The Balaban J connectivity index is 2.10. The van der Waals surface area contributed by atoms with Crippen LogP contribution < -0.4 is 5.73 Å². The van der Waals surface area contributed by atoms with Crippen molar-refractivity contribution >= 4 is 40.7 Å². The Morgan fingerprint density at radius 2 is 2.12 bits per heavy atom. The van der Waals surface area contributed by atoms with Crippen LogP contribution in [0.5, 0.6) is 0 Å². The molecule has 2 heterocycles. The average molecular weight is 286 g/mol. The third-order valence-corrected chi connectivity index (χ3v) is 3.79. The van der Waals surface area contributed by atoms with Gasteiger partial charge in [-0.05, 0) is 17.7 Å². The fourth-order valence-electron chi connectivity index (χ4n) is 1.22. The highest BCUT2D eigenvalue weighted by atomic mass is 35.5. The highest BCUT2D eigenvalue weighted by molar-refractivity contribution is 7.98. The van der Waals surface area contributed by atoms with Gasteiger partial charge in [0.25, 0.3) is 0 Å². The summed E-state index contributed by atoms with van der Waals surface area (Å²) < 4.78 is 0. The van der Waals surface area contributed by atoms with E-state index in [-0.39, 0.29) is 0 Å². The van der Waals surface area contributed by atoms with Gasteiger partial charge in [0, 0.05) is 28.1 Å². The van der Waals surface area contributed by atoms with Gasteiger partial charge in [-0.2, -0.15) is 0 Å². The first kappa shape index (κ1) is 12.5. The fraction of sp³-hybridized carbons (Fsp3) is 0.0909. The van der Waals surface area contributed by atoms with E-state index in [0.717, 1.165) is 10.5 Å². The van der Waals surface area contributed by atoms with Gasteiger partial charge < -0.3 is 5.73 Å². The number of aromatic nitrogens is 2. The van der Waals surface area contributed by atoms with Gasteiger partial charge in [-0.3, -0.25) is 4.98 Å². The summed E-state index contributed by atoms with van der Waals surface area (Å²) >= 11 is 13.4. The molecule has 0 unspecified atom stereocenters. The Hall–Kier alpha value is -0.970. The van der Waals surface area contributed by atoms with E-state index in [4.69, 9.17) is 28.9 Å². The van der Waals surface area contributed by atoms with Gasteiger partial charge in [-0.25, -0.2) is 4.98 Å². The first-order valence-corrected chi connectivity index (χ1v) is 6.53. The van der Waals surface area contributed by atoms with Gasteiger partial charge in [0.15, 0.2) is 0 Å². The van der Waals surface area contributed by atoms with Crippen molar-refractivity contribution in [1.82, 2.24) is 9.97 Å². The average Bonchev–Trinajstić information content (AvgIpc) is 2.30. The van der Waals surface area contributed by atoms with Crippen molar-refractivity contribution in [2.75, 3.05) is 5.73 Å². The molecule has 3 nitrogen and oxygen atoms in total.